The van der Waals surface area contributed by atoms with Crippen LogP contribution in [0.25, 0.3) is 11.3 Å². The molecule has 3 aromatic rings. The molecule has 1 N–H and O–H groups in total. The maximum atomic E-state index is 12.7. The van der Waals surface area contributed by atoms with E-state index in [-0.39, 0.29) is 18.0 Å². The lowest BCUT2D eigenvalue weighted by molar-refractivity contribution is -0.153. The van der Waals surface area contributed by atoms with Gasteiger partial charge in [-0.15, -0.1) is 0 Å². The molecule has 0 bridgehead atoms. The summed E-state index contributed by atoms with van der Waals surface area (Å²) in [5, 5.41) is 9.47. The largest absolute Gasteiger partial charge is 0.508 e. The molecule has 1 heterocycles. The lowest BCUT2D eigenvalue weighted by Gasteiger charge is -2.22. The molecule has 0 aliphatic heterocycles. The summed E-state index contributed by atoms with van der Waals surface area (Å²) in [4.78, 5) is 17.8. The minimum absolute atomic E-state index is 0.0268. The van der Waals surface area contributed by atoms with E-state index >= 15 is 0 Å². The Balaban J connectivity index is 2.01. The van der Waals surface area contributed by atoms with E-state index in [0.717, 1.165) is 5.69 Å². The predicted molar refractivity (Wildman–Crippen MR) is 107 cm³/mol. The topological polar surface area (TPSA) is 62.7 Å². The molecule has 3 rings (SSSR count). The zero-order valence-electron chi connectivity index (χ0n) is 16.1. The van der Waals surface area contributed by atoms with Gasteiger partial charge in [0.15, 0.2) is 12.9 Å². The number of hydrogen-bond acceptors (Lipinski definition) is 5. The van der Waals surface area contributed by atoms with Crippen molar-refractivity contribution >= 4 is 12.0 Å². The summed E-state index contributed by atoms with van der Waals surface area (Å²) in [5.41, 5.74) is 2.42. The third-order valence-electron chi connectivity index (χ3n) is 4.44. The highest BCUT2D eigenvalue weighted by atomic mass is 19.4. The van der Waals surface area contributed by atoms with Crippen molar-refractivity contribution in [3.8, 4) is 22.8 Å². The number of aldehydes is 1. The molecule has 0 spiro atoms. The van der Waals surface area contributed by atoms with Crippen LogP contribution >= 0.6 is 0 Å². The number of phenolic OH excluding ortho intramolecular Hbond substituents is 1. The number of carbonyl (C=O) groups is 1. The lowest BCUT2D eigenvalue weighted by atomic mass is 10.00. The fourth-order valence-corrected chi connectivity index (χ4v) is 3.00. The number of carbonyl (C=O) groups excluding carboxylic acids is 1. The van der Waals surface area contributed by atoms with E-state index in [1.807, 2.05) is 4.90 Å². The van der Waals surface area contributed by atoms with Crippen LogP contribution in [0.1, 0.15) is 15.9 Å². The molecule has 30 heavy (non-hydrogen) atoms. The predicted octanol–water partition coefficient (Wildman–Crippen LogP) is 4.84. The van der Waals surface area contributed by atoms with Gasteiger partial charge in [0.05, 0.1) is 5.69 Å². The normalized spacial score (nSPS) is 11.2. The monoisotopic (exact) mass is 416 g/mol. The molecule has 1 aromatic heterocycles. The fraction of sp³-hybridized carbons (Fsp3) is 0.182. The minimum atomic E-state index is -4.48. The molecule has 0 aliphatic rings. The lowest BCUT2D eigenvalue weighted by Crippen LogP contribution is -2.20. The van der Waals surface area contributed by atoms with Crippen molar-refractivity contribution in [2.24, 2.45) is 0 Å². The highest BCUT2D eigenvalue weighted by molar-refractivity contribution is 5.83. The van der Waals surface area contributed by atoms with Crippen molar-refractivity contribution in [1.29, 1.82) is 0 Å². The van der Waals surface area contributed by atoms with E-state index in [1.165, 1.54) is 24.4 Å². The first kappa shape index (κ1) is 21.2. The third kappa shape index (κ3) is 5.08. The van der Waals surface area contributed by atoms with Crippen LogP contribution in [-0.2, 0) is 6.54 Å². The quantitative estimate of drug-likeness (QED) is 0.558. The summed E-state index contributed by atoms with van der Waals surface area (Å²) in [7, 11) is 1.80. The molecule has 8 heteroatoms. The van der Waals surface area contributed by atoms with Gasteiger partial charge < -0.3 is 14.7 Å². The number of alkyl halides is 3. The van der Waals surface area contributed by atoms with Crippen LogP contribution < -0.4 is 9.64 Å². The Morgan fingerprint density at radius 3 is 2.47 bits per heavy atom. The van der Waals surface area contributed by atoms with Crippen molar-refractivity contribution in [2.75, 3.05) is 18.6 Å². The second-order valence-corrected chi connectivity index (χ2v) is 6.62. The summed E-state index contributed by atoms with van der Waals surface area (Å²) in [6, 6.07) is 14.3. The summed E-state index contributed by atoms with van der Waals surface area (Å²) in [6.45, 7) is -1.17. The number of nitrogens with zero attached hydrogens (tertiary/aromatic N) is 2. The Hall–Kier alpha value is -3.55. The number of para-hydroxylation sites is 1. The first-order chi connectivity index (χ1) is 14.3. The third-order valence-corrected chi connectivity index (χ3v) is 4.44. The average molecular weight is 416 g/mol. The van der Waals surface area contributed by atoms with Crippen molar-refractivity contribution in [3.05, 3.63) is 71.9 Å². The molecule has 5 nitrogen and oxygen atoms in total. The number of ether oxygens (including phenoxy) is 1. The molecule has 0 saturated heterocycles. The highest BCUT2D eigenvalue weighted by Gasteiger charge is 2.29. The number of anilines is 1. The van der Waals surface area contributed by atoms with Gasteiger partial charge in [0.1, 0.15) is 11.5 Å². The van der Waals surface area contributed by atoms with Crippen LogP contribution in [0.3, 0.4) is 0 Å². The minimum Gasteiger partial charge on any atom is -0.508 e. The van der Waals surface area contributed by atoms with Gasteiger partial charge in [0.25, 0.3) is 0 Å². The molecule has 0 amide bonds. The second kappa shape index (κ2) is 8.86. The molecular formula is C22H19F3N2O3. The van der Waals surface area contributed by atoms with Crippen molar-refractivity contribution in [3.63, 3.8) is 0 Å². The maximum absolute atomic E-state index is 12.7. The zero-order valence-corrected chi connectivity index (χ0v) is 16.1. The van der Waals surface area contributed by atoms with Gasteiger partial charge in [0, 0.05) is 42.2 Å². The molecule has 0 radical (unpaired) electrons. The van der Waals surface area contributed by atoms with E-state index in [4.69, 9.17) is 4.74 Å². The Kier molecular flexibility index (Phi) is 6.25. The van der Waals surface area contributed by atoms with Gasteiger partial charge in [-0.1, -0.05) is 12.1 Å². The Morgan fingerprint density at radius 1 is 1.10 bits per heavy atom. The number of benzene rings is 2. The van der Waals surface area contributed by atoms with Gasteiger partial charge in [0.2, 0.25) is 0 Å². The standard InChI is InChI=1S/C22H19F3N2O3/c1-27(16-6-8-17(29)9-7-16)12-19-15(13-28)10-11-26-21(19)18-4-2-3-5-20(18)30-14-22(23,24)25/h2-11,13,29H,12,14H2,1H3. The second-order valence-electron chi connectivity index (χ2n) is 6.62. The van der Waals surface area contributed by atoms with Crippen LogP contribution in [0.15, 0.2) is 60.8 Å². The average Bonchev–Trinajstić information content (AvgIpc) is 2.72. The number of hydrogen-bond donors (Lipinski definition) is 1. The summed E-state index contributed by atoms with van der Waals surface area (Å²) < 4.78 is 42.9. The van der Waals surface area contributed by atoms with E-state index in [0.29, 0.717) is 28.7 Å². The van der Waals surface area contributed by atoms with Gasteiger partial charge in [-0.3, -0.25) is 9.78 Å². The van der Waals surface area contributed by atoms with Gasteiger partial charge in [-0.05, 0) is 42.5 Å². The number of pyridine rings is 1. The molecule has 0 saturated carbocycles. The summed E-state index contributed by atoms with van der Waals surface area (Å²) in [6.07, 6.45) is -2.36. The van der Waals surface area contributed by atoms with Gasteiger partial charge >= 0.3 is 6.18 Å². The highest BCUT2D eigenvalue weighted by Crippen LogP contribution is 2.34. The molecule has 0 atom stereocenters. The number of halogens is 3. The number of aromatic hydroxyl groups is 1. The molecule has 0 unspecified atom stereocenters. The smallest absolute Gasteiger partial charge is 0.422 e. The summed E-state index contributed by atoms with van der Waals surface area (Å²) in [5.74, 6) is 0.150. The van der Waals surface area contributed by atoms with Gasteiger partial charge in [-0.2, -0.15) is 13.2 Å². The van der Waals surface area contributed by atoms with E-state index in [2.05, 4.69) is 4.98 Å². The molecule has 0 aliphatic carbocycles. The number of aromatic nitrogens is 1. The molecule has 156 valence electrons. The molecule has 2 aromatic carbocycles. The Labute approximate surface area is 171 Å². The molecular weight excluding hydrogens is 397 g/mol. The van der Waals surface area contributed by atoms with Crippen LogP contribution in [0.5, 0.6) is 11.5 Å². The van der Waals surface area contributed by atoms with Crippen LogP contribution in [0, 0.1) is 0 Å². The van der Waals surface area contributed by atoms with Crippen LogP contribution in [-0.4, -0.2) is 36.2 Å². The first-order valence-electron chi connectivity index (χ1n) is 9.00. The van der Waals surface area contributed by atoms with E-state index < -0.39 is 12.8 Å². The zero-order chi connectivity index (χ0) is 21.7. The van der Waals surface area contributed by atoms with E-state index in [1.54, 1.807) is 43.4 Å². The van der Waals surface area contributed by atoms with Gasteiger partial charge in [-0.25, -0.2) is 0 Å². The number of rotatable bonds is 7. The van der Waals surface area contributed by atoms with Crippen molar-refractivity contribution in [1.82, 2.24) is 4.98 Å². The van der Waals surface area contributed by atoms with E-state index in [9.17, 15) is 23.1 Å². The molecule has 0 fully saturated rings. The van der Waals surface area contributed by atoms with Crippen molar-refractivity contribution in [2.45, 2.75) is 12.7 Å². The summed E-state index contributed by atoms with van der Waals surface area (Å²) >= 11 is 0. The fourth-order valence-electron chi connectivity index (χ4n) is 3.00. The van der Waals surface area contributed by atoms with Crippen molar-refractivity contribution < 1.29 is 27.8 Å². The van der Waals surface area contributed by atoms with Crippen LogP contribution in [0.4, 0.5) is 18.9 Å². The Morgan fingerprint density at radius 2 is 1.80 bits per heavy atom. The SMILES string of the molecule is CN(Cc1c(C=O)ccnc1-c1ccccc1OCC(F)(F)F)c1ccc(O)cc1. The maximum Gasteiger partial charge on any atom is 0.422 e. The first-order valence-corrected chi connectivity index (χ1v) is 9.00. The van der Waals surface area contributed by atoms with Crippen LogP contribution in [0.2, 0.25) is 0 Å². The Bertz CT molecular complexity index is 1020. The number of phenols is 1.